The molecule has 0 radical (unpaired) electrons. The van der Waals surface area contributed by atoms with E-state index in [4.69, 9.17) is 27.9 Å². The zero-order chi connectivity index (χ0) is 13.1. The number of benzene rings is 1. The molecule has 0 amide bonds. The summed E-state index contributed by atoms with van der Waals surface area (Å²) in [5.74, 6) is -0.152. The first-order valence-electron chi connectivity index (χ1n) is 5.13. The van der Waals surface area contributed by atoms with Crippen molar-refractivity contribution in [3.8, 4) is 5.75 Å². The molecule has 3 nitrogen and oxygen atoms in total. The normalized spacial score (nSPS) is 10.4. The third kappa shape index (κ3) is 3.09. The van der Waals surface area contributed by atoms with E-state index in [1.54, 1.807) is 19.1 Å². The Kier molecular flexibility index (Phi) is 3.99. The van der Waals surface area contributed by atoms with Crippen LogP contribution in [0.1, 0.15) is 11.5 Å². The zero-order valence-electron chi connectivity index (χ0n) is 9.45. The summed E-state index contributed by atoms with van der Waals surface area (Å²) in [4.78, 5) is 8.10. The SMILES string of the molecule is Cc1cc(Cl)nc(COc2cccc(Cl)c2F)n1. The van der Waals surface area contributed by atoms with Gasteiger partial charge in [0.25, 0.3) is 0 Å². The van der Waals surface area contributed by atoms with Gasteiger partial charge in [-0.1, -0.05) is 29.3 Å². The smallest absolute Gasteiger partial charge is 0.183 e. The number of rotatable bonds is 3. The van der Waals surface area contributed by atoms with Crippen molar-refractivity contribution in [1.29, 1.82) is 0 Å². The highest BCUT2D eigenvalue weighted by atomic mass is 35.5. The van der Waals surface area contributed by atoms with Crippen LogP contribution in [0.2, 0.25) is 10.2 Å². The number of halogens is 3. The number of nitrogens with zero attached hydrogens (tertiary/aromatic N) is 2. The van der Waals surface area contributed by atoms with Crippen molar-refractivity contribution in [2.24, 2.45) is 0 Å². The van der Waals surface area contributed by atoms with Crippen LogP contribution in [0.3, 0.4) is 0 Å². The Labute approximate surface area is 114 Å². The highest BCUT2D eigenvalue weighted by Gasteiger charge is 2.08. The molecule has 0 aliphatic carbocycles. The van der Waals surface area contributed by atoms with Crippen LogP contribution in [0.4, 0.5) is 4.39 Å². The fraction of sp³-hybridized carbons (Fsp3) is 0.167. The summed E-state index contributed by atoms with van der Waals surface area (Å²) in [5, 5.41) is 0.336. The molecular weight excluding hydrogens is 278 g/mol. The highest BCUT2D eigenvalue weighted by Crippen LogP contribution is 2.24. The zero-order valence-corrected chi connectivity index (χ0v) is 11.0. The molecular formula is C12H9Cl2FN2O. The van der Waals surface area contributed by atoms with Crippen molar-refractivity contribution < 1.29 is 9.13 Å². The molecule has 94 valence electrons. The first kappa shape index (κ1) is 13.1. The van der Waals surface area contributed by atoms with Crippen LogP contribution < -0.4 is 4.74 Å². The Morgan fingerprint density at radius 1 is 1.28 bits per heavy atom. The summed E-state index contributed by atoms with van der Waals surface area (Å²) in [6, 6.07) is 6.16. The largest absolute Gasteiger partial charge is 0.482 e. The minimum Gasteiger partial charge on any atom is -0.482 e. The minimum atomic E-state index is -0.599. The highest BCUT2D eigenvalue weighted by molar-refractivity contribution is 6.30. The average molecular weight is 287 g/mol. The van der Waals surface area contributed by atoms with Crippen LogP contribution in [0.25, 0.3) is 0 Å². The fourth-order valence-corrected chi connectivity index (χ4v) is 1.81. The maximum absolute atomic E-state index is 13.5. The molecule has 0 aliphatic rings. The predicted octanol–water partition coefficient (Wildman–Crippen LogP) is 3.81. The van der Waals surface area contributed by atoms with Crippen LogP contribution in [-0.4, -0.2) is 9.97 Å². The van der Waals surface area contributed by atoms with Crippen molar-refractivity contribution in [2.45, 2.75) is 13.5 Å². The number of aromatic nitrogens is 2. The van der Waals surface area contributed by atoms with E-state index in [0.717, 1.165) is 5.69 Å². The third-order valence-electron chi connectivity index (χ3n) is 2.14. The van der Waals surface area contributed by atoms with Gasteiger partial charge in [-0.25, -0.2) is 14.4 Å². The Bertz CT molecular complexity index is 558. The van der Waals surface area contributed by atoms with Gasteiger partial charge in [-0.15, -0.1) is 0 Å². The second kappa shape index (κ2) is 5.50. The monoisotopic (exact) mass is 286 g/mol. The van der Waals surface area contributed by atoms with E-state index in [2.05, 4.69) is 9.97 Å². The van der Waals surface area contributed by atoms with Gasteiger partial charge in [0.15, 0.2) is 17.4 Å². The lowest BCUT2D eigenvalue weighted by Gasteiger charge is -2.07. The molecule has 0 spiro atoms. The Balaban J connectivity index is 2.14. The average Bonchev–Trinajstić information content (AvgIpc) is 2.30. The van der Waals surface area contributed by atoms with Gasteiger partial charge in [-0.3, -0.25) is 0 Å². The Hall–Kier alpha value is -1.39. The van der Waals surface area contributed by atoms with Gasteiger partial charge in [0.2, 0.25) is 0 Å². The van der Waals surface area contributed by atoms with Crippen molar-refractivity contribution in [1.82, 2.24) is 9.97 Å². The van der Waals surface area contributed by atoms with E-state index in [1.807, 2.05) is 0 Å². The molecule has 0 saturated carbocycles. The van der Waals surface area contributed by atoms with Crippen molar-refractivity contribution in [3.63, 3.8) is 0 Å². The van der Waals surface area contributed by atoms with Gasteiger partial charge >= 0.3 is 0 Å². The molecule has 0 atom stereocenters. The molecule has 2 rings (SSSR count). The lowest BCUT2D eigenvalue weighted by atomic mass is 10.3. The van der Waals surface area contributed by atoms with Crippen molar-refractivity contribution in [3.05, 3.63) is 51.8 Å². The third-order valence-corrected chi connectivity index (χ3v) is 2.63. The molecule has 0 unspecified atom stereocenters. The van der Waals surface area contributed by atoms with E-state index in [-0.39, 0.29) is 17.4 Å². The van der Waals surface area contributed by atoms with Gasteiger partial charge in [0, 0.05) is 5.69 Å². The molecule has 1 aromatic carbocycles. The molecule has 2 aromatic rings. The second-order valence-corrected chi connectivity index (χ2v) is 4.38. The van der Waals surface area contributed by atoms with Crippen molar-refractivity contribution in [2.75, 3.05) is 0 Å². The first-order valence-corrected chi connectivity index (χ1v) is 5.89. The number of aryl methyl sites for hydroxylation is 1. The second-order valence-electron chi connectivity index (χ2n) is 3.59. The lowest BCUT2D eigenvalue weighted by Crippen LogP contribution is -2.04. The first-order chi connectivity index (χ1) is 8.56. The molecule has 1 aromatic heterocycles. The molecule has 1 heterocycles. The summed E-state index contributed by atoms with van der Waals surface area (Å²) in [6.45, 7) is 1.82. The molecule has 0 fully saturated rings. The van der Waals surface area contributed by atoms with Crippen molar-refractivity contribution >= 4 is 23.2 Å². The van der Waals surface area contributed by atoms with E-state index in [9.17, 15) is 4.39 Å². The maximum atomic E-state index is 13.5. The van der Waals surface area contributed by atoms with Gasteiger partial charge in [-0.05, 0) is 25.1 Å². The van der Waals surface area contributed by atoms with Crippen LogP contribution >= 0.6 is 23.2 Å². The van der Waals surface area contributed by atoms with E-state index in [0.29, 0.717) is 11.0 Å². The standard InChI is InChI=1S/C12H9Cl2FN2O/c1-7-5-10(14)17-11(16-7)6-18-9-4-2-3-8(13)12(9)15/h2-5H,6H2,1H3. The van der Waals surface area contributed by atoms with E-state index < -0.39 is 5.82 Å². The minimum absolute atomic E-state index is 0.00990. The molecule has 0 aliphatic heterocycles. The van der Waals surface area contributed by atoms with Gasteiger partial charge in [0.1, 0.15) is 11.8 Å². The summed E-state index contributed by atoms with van der Waals surface area (Å²) >= 11 is 11.4. The van der Waals surface area contributed by atoms with E-state index >= 15 is 0 Å². The summed E-state index contributed by atoms with van der Waals surface area (Å²) in [7, 11) is 0. The lowest BCUT2D eigenvalue weighted by molar-refractivity contribution is 0.281. The maximum Gasteiger partial charge on any atom is 0.183 e. The van der Waals surface area contributed by atoms with Crippen LogP contribution in [0, 0.1) is 12.7 Å². The fourth-order valence-electron chi connectivity index (χ4n) is 1.39. The molecule has 18 heavy (non-hydrogen) atoms. The van der Waals surface area contributed by atoms with Gasteiger partial charge in [0.05, 0.1) is 5.02 Å². The topological polar surface area (TPSA) is 35.0 Å². The molecule has 0 saturated heterocycles. The summed E-state index contributed by atoms with van der Waals surface area (Å²) < 4.78 is 18.8. The number of hydrogen-bond donors (Lipinski definition) is 0. The molecule has 6 heteroatoms. The quantitative estimate of drug-likeness (QED) is 0.805. The molecule has 0 bridgehead atoms. The molecule has 0 N–H and O–H groups in total. The number of hydrogen-bond acceptors (Lipinski definition) is 3. The Morgan fingerprint density at radius 3 is 2.78 bits per heavy atom. The van der Waals surface area contributed by atoms with Crippen LogP contribution in [0.5, 0.6) is 5.75 Å². The van der Waals surface area contributed by atoms with E-state index in [1.165, 1.54) is 12.1 Å². The van der Waals surface area contributed by atoms with Crippen LogP contribution in [-0.2, 0) is 6.61 Å². The van der Waals surface area contributed by atoms with Crippen LogP contribution in [0.15, 0.2) is 24.3 Å². The Morgan fingerprint density at radius 2 is 2.06 bits per heavy atom. The summed E-state index contributed by atoms with van der Waals surface area (Å²) in [5.41, 5.74) is 0.722. The van der Waals surface area contributed by atoms with Gasteiger partial charge < -0.3 is 4.74 Å². The van der Waals surface area contributed by atoms with Gasteiger partial charge in [-0.2, -0.15) is 0 Å². The predicted molar refractivity (Wildman–Crippen MR) is 67.5 cm³/mol. The number of ether oxygens (including phenoxy) is 1. The summed E-state index contributed by atoms with van der Waals surface area (Å²) in [6.07, 6.45) is 0.